The number of carbonyl (C=O) groups is 1. The number of nitrogens with zero attached hydrogens (tertiary/aromatic N) is 1. The van der Waals surface area contributed by atoms with E-state index in [0.717, 1.165) is 12.8 Å². The molecule has 1 rings (SSSR count). The van der Waals surface area contributed by atoms with Crippen LogP contribution in [-0.2, 0) is 4.79 Å². The van der Waals surface area contributed by atoms with E-state index in [1.165, 1.54) is 6.42 Å². The summed E-state index contributed by atoms with van der Waals surface area (Å²) in [6.07, 6.45) is 3.32. The molecule has 1 saturated carbocycles. The Morgan fingerprint density at radius 3 is 2.50 bits per heavy atom. The summed E-state index contributed by atoms with van der Waals surface area (Å²) in [6.45, 7) is 3.28. The second-order valence-electron chi connectivity index (χ2n) is 3.84. The monoisotopic (exact) mass is 166 g/mol. The van der Waals surface area contributed by atoms with Crippen molar-refractivity contribution in [3.8, 4) is 6.07 Å². The van der Waals surface area contributed by atoms with Crippen molar-refractivity contribution in [3.63, 3.8) is 0 Å². The van der Waals surface area contributed by atoms with Gasteiger partial charge >= 0.3 is 0 Å². The number of hydrogen-bond donors (Lipinski definition) is 1. The first-order chi connectivity index (χ1) is 5.56. The molecule has 0 aromatic rings. The lowest BCUT2D eigenvalue weighted by Crippen LogP contribution is -2.45. The van der Waals surface area contributed by atoms with E-state index >= 15 is 0 Å². The highest BCUT2D eigenvalue weighted by atomic mass is 16.2. The Labute approximate surface area is 72.8 Å². The molecule has 0 spiro atoms. The minimum absolute atomic E-state index is 0.144. The molecule has 3 heteroatoms. The van der Waals surface area contributed by atoms with E-state index in [1.807, 2.05) is 6.07 Å². The first-order valence-electron chi connectivity index (χ1n) is 4.28. The standard InChI is InChI=1S/C9H14N2O/c1-9(2,6-10)8(12)11-7-4-3-5-7/h7H,3-5H2,1-2H3,(H,11,12). The average molecular weight is 166 g/mol. The topological polar surface area (TPSA) is 52.9 Å². The van der Waals surface area contributed by atoms with Crippen LogP contribution >= 0.6 is 0 Å². The maximum atomic E-state index is 11.4. The van der Waals surface area contributed by atoms with Crippen LogP contribution in [0.4, 0.5) is 0 Å². The molecule has 0 aliphatic heterocycles. The molecule has 12 heavy (non-hydrogen) atoms. The normalized spacial score (nSPS) is 17.8. The van der Waals surface area contributed by atoms with Crippen LogP contribution in [0.3, 0.4) is 0 Å². The summed E-state index contributed by atoms with van der Waals surface area (Å²) in [7, 11) is 0. The maximum Gasteiger partial charge on any atom is 0.240 e. The molecule has 0 aromatic carbocycles. The Kier molecular flexibility index (Phi) is 2.37. The smallest absolute Gasteiger partial charge is 0.240 e. The zero-order valence-electron chi connectivity index (χ0n) is 7.55. The van der Waals surface area contributed by atoms with Gasteiger partial charge in [0.15, 0.2) is 0 Å². The number of hydrogen-bond acceptors (Lipinski definition) is 2. The molecule has 0 heterocycles. The van der Waals surface area contributed by atoms with Crippen LogP contribution in [0.2, 0.25) is 0 Å². The average Bonchev–Trinajstić information content (AvgIpc) is 1.96. The Morgan fingerprint density at radius 2 is 2.17 bits per heavy atom. The molecule has 3 nitrogen and oxygen atoms in total. The van der Waals surface area contributed by atoms with Gasteiger partial charge in [-0.05, 0) is 33.1 Å². The molecule has 1 fully saturated rings. The molecule has 0 bridgehead atoms. The summed E-state index contributed by atoms with van der Waals surface area (Å²) < 4.78 is 0. The van der Waals surface area contributed by atoms with E-state index in [-0.39, 0.29) is 5.91 Å². The summed E-state index contributed by atoms with van der Waals surface area (Å²) in [5.41, 5.74) is -0.879. The van der Waals surface area contributed by atoms with Gasteiger partial charge in [0.05, 0.1) is 6.07 Å². The molecule has 1 aliphatic carbocycles. The summed E-state index contributed by atoms with van der Waals surface area (Å²) in [4.78, 5) is 11.4. The van der Waals surface area contributed by atoms with Crippen molar-refractivity contribution in [1.82, 2.24) is 5.32 Å². The fourth-order valence-corrected chi connectivity index (χ4v) is 0.969. The zero-order chi connectivity index (χ0) is 9.19. The van der Waals surface area contributed by atoms with Crippen LogP contribution in [0, 0.1) is 16.7 Å². The van der Waals surface area contributed by atoms with E-state index < -0.39 is 5.41 Å². The molecule has 0 radical (unpaired) electrons. The predicted octanol–water partition coefficient (Wildman–Crippen LogP) is 1.20. The van der Waals surface area contributed by atoms with Gasteiger partial charge in [-0.3, -0.25) is 4.79 Å². The first-order valence-corrected chi connectivity index (χ1v) is 4.28. The molecule has 0 atom stereocenters. The second-order valence-corrected chi connectivity index (χ2v) is 3.84. The molecular weight excluding hydrogens is 152 g/mol. The van der Waals surface area contributed by atoms with E-state index in [1.54, 1.807) is 13.8 Å². The SMILES string of the molecule is CC(C)(C#N)C(=O)NC1CCC1. The third-order valence-corrected chi connectivity index (χ3v) is 2.29. The van der Waals surface area contributed by atoms with Crippen molar-refractivity contribution >= 4 is 5.91 Å². The Morgan fingerprint density at radius 1 is 1.58 bits per heavy atom. The minimum Gasteiger partial charge on any atom is -0.352 e. The Hall–Kier alpha value is -1.04. The van der Waals surface area contributed by atoms with Crippen molar-refractivity contribution in [2.75, 3.05) is 0 Å². The summed E-state index contributed by atoms with van der Waals surface area (Å²) in [5.74, 6) is -0.144. The van der Waals surface area contributed by atoms with Crippen LogP contribution in [0.25, 0.3) is 0 Å². The fourth-order valence-electron chi connectivity index (χ4n) is 0.969. The third-order valence-electron chi connectivity index (χ3n) is 2.29. The van der Waals surface area contributed by atoms with Crippen molar-refractivity contribution in [3.05, 3.63) is 0 Å². The maximum absolute atomic E-state index is 11.4. The van der Waals surface area contributed by atoms with Gasteiger partial charge in [0.25, 0.3) is 0 Å². The van der Waals surface area contributed by atoms with Gasteiger partial charge in [-0.1, -0.05) is 0 Å². The highest BCUT2D eigenvalue weighted by molar-refractivity contribution is 5.84. The Balaban J connectivity index is 2.42. The van der Waals surface area contributed by atoms with Crippen LogP contribution in [0.15, 0.2) is 0 Å². The summed E-state index contributed by atoms with van der Waals surface area (Å²) in [6, 6.07) is 2.31. The van der Waals surface area contributed by atoms with Crippen molar-refractivity contribution in [1.29, 1.82) is 5.26 Å². The van der Waals surface area contributed by atoms with Gasteiger partial charge in [0, 0.05) is 6.04 Å². The first kappa shape index (κ1) is 9.05. The van der Waals surface area contributed by atoms with Crippen LogP contribution < -0.4 is 5.32 Å². The fraction of sp³-hybridized carbons (Fsp3) is 0.778. The summed E-state index contributed by atoms with van der Waals surface area (Å²) >= 11 is 0. The molecule has 1 aliphatic rings. The molecule has 1 N–H and O–H groups in total. The molecule has 0 aromatic heterocycles. The lowest BCUT2D eigenvalue weighted by molar-refractivity contribution is -0.128. The second kappa shape index (κ2) is 3.14. The van der Waals surface area contributed by atoms with Crippen molar-refractivity contribution < 1.29 is 4.79 Å². The zero-order valence-corrected chi connectivity index (χ0v) is 7.55. The lowest BCUT2D eigenvalue weighted by atomic mass is 9.89. The predicted molar refractivity (Wildman–Crippen MR) is 45.2 cm³/mol. The number of nitrogens with one attached hydrogen (secondary N) is 1. The number of rotatable bonds is 2. The number of nitriles is 1. The van der Waals surface area contributed by atoms with Crippen molar-refractivity contribution in [2.45, 2.75) is 39.2 Å². The lowest BCUT2D eigenvalue weighted by Gasteiger charge is -2.28. The van der Waals surface area contributed by atoms with E-state index in [4.69, 9.17) is 5.26 Å². The van der Waals surface area contributed by atoms with Gasteiger partial charge in [0.2, 0.25) is 5.91 Å². The van der Waals surface area contributed by atoms with Crippen molar-refractivity contribution in [2.24, 2.45) is 5.41 Å². The minimum atomic E-state index is -0.879. The third kappa shape index (κ3) is 1.76. The molecule has 0 saturated heterocycles. The van der Waals surface area contributed by atoms with Crippen LogP contribution in [0.5, 0.6) is 0 Å². The highest BCUT2D eigenvalue weighted by Crippen LogP contribution is 2.21. The van der Waals surface area contributed by atoms with E-state index in [9.17, 15) is 4.79 Å². The van der Waals surface area contributed by atoms with Gasteiger partial charge in [-0.25, -0.2) is 0 Å². The largest absolute Gasteiger partial charge is 0.352 e. The van der Waals surface area contributed by atoms with E-state index in [0.29, 0.717) is 6.04 Å². The van der Waals surface area contributed by atoms with Gasteiger partial charge in [0.1, 0.15) is 5.41 Å². The molecular formula is C9H14N2O. The number of carbonyl (C=O) groups excluding carboxylic acids is 1. The van der Waals surface area contributed by atoms with Crippen LogP contribution in [0.1, 0.15) is 33.1 Å². The molecule has 0 unspecified atom stereocenters. The number of amides is 1. The molecule has 66 valence electrons. The van der Waals surface area contributed by atoms with Crippen LogP contribution in [-0.4, -0.2) is 11.9 Å². The van der Waals surface area contributed by atoms with Gasteiger partial charge in [-0.15, -0.1) is 0 Å². The van der Waals surface area contributed by atoms with E-state index in [2.05, 4.69) is 5.32 Å². The van der Waals surface area contributed by atoms with Gasteiger partial charge in [-0.2, -0.15) is 5.26 Å². The quantitative estimate of drug-likeness (QED) is 0.670. The highest BCUT2D eigenvalue weighted by Gasteiger charge is 2.30. The Bertz CT molecular complexity index is 223. The summed E-state index contributed by atoms with van der Waals surface area (Å²) in [5, 5.41) is 11.5. The molecule has 1 amide bonds. The van der Waals surface area contributed by atoms with Gasteiger partial charge < -0.3 is 5.32 Å².